The highest BCUT2D eigenvalue weighted by molar-refractivity contribution is 5.92. The van der Waals surface area contributed by atoms with Crippen LogP contribution in [0.25, 0.3) is 0 Å². The second-order valence-electron chi connectivity index (χ2n) is 5.27. The molecule has 1 aliphatic rings. The highest BCUT2D eigenvalue weighted by atomic mass is 16.6. The van der Waals surface area contributed by atoms with Crippen molar-refractivity contribution in [2.24, 2.45) is 0 Å². The molecule has 1 N–H and O–H groups in total. The number of esters is 1. The molecule has 6 heteroatoms. The average molecular weight is 302 g/mol. The molecule has 1 atom stereocenters. The number of nitrogens with zero attached hydrogens (tertiary/aromatic N) is 1. The van der Waals surface area contributed by atoms with Crippen LogP contribution in [0.4, 0.5) is 0 Å². The average Bonchev–Trinajstić information content (AvgIpc) is 2.45. The highest BCUT2D eigenvalue weighted by Gasteiger charge is 2.40. The number of carbonyl (C=O) groups excluding carboxylic acids is 1. The van der Waals surface area contributed by atoms with Crippen molar-refractivity contribution in [3.63, 3.8) is 0 Å². The van der Waals surface area contributed by atoms with Crippen LogP contribution in [0.1, 0.15) is 30.9 Å². The molecule has 1 aliphatic heterocycles. The number of methoxy groups -OCH3 is 1. The maximum atomic E-state index is 12.2. The van der Waals surface area contributed by atoms with E-state index in [2.05, 4.69) is 5.32 Å². The first-order valence-corrected chi connectivity index (χ1v) is 6.84. The van der Waals surface area contributed by atoms with Crippen molar-refractivity contribution in [1.82, 2.24) is 5.32 Å². The predicted octanol–water partition coefficient (Wildman–Crippen LogP) is 2.64. The van der Waals surface area contributed by atoms with Gasteiger partial charge in [0.15, 0.2) is 0 Å². The first kappa shape index (κ1) is 15.8. The maximum absolute atomic E-state index is 12.2. The van der Waals surface area contributed by atoms with Crippen LogP contribution in [0, 0.1) is 17.0 Å². The summed E-state index contributed by atoms with van der Waals surface area (Å²) in [5.74, 6) is -1.31. The molecule has 0 radical (unpaired) electrons. The number of benzene rings is 1. The lowest BCUT2D eigenvalue weighted by Gasteiger charge is -2.26. The smallest absolute Gasteiger partial charge is 0.336 e. The minimum atomic E-state index is -0.747. The number of dihydropyridines is 1. The van der Waals surface area contributed by atoms with Crippen LogP contribution in [-0.2, 0) is 9.53 Å². The van der Waals surface area contributed by atoms with Crippen LogP contribution in [0.2, 0.25) is 0 Å². The molecule has 116 valence electrons. The van der Waals surface area contributed by atoms with Gasteiger partial charge in [0.05, 0.1) is 23.3 Å². The van der Waals surface area contributed by atoms with Gasteiger partial charge in [0.1, 0.15) is 5.92 Å². The topological polar surface area (TPSA) is 81.5 Å². The van der Waals surface area contributed by atoms with Gasteiger partial charge in [-0.15, -0.1) is 0 Å². The molecule has 1 heterocycles. The molecule has 0 aromatic heterocycles. The molecule has 0 aliphatic carbocycles. The Bertz CT molecular complexity index is 704. The van der Waals surface area contributed by atoms with E-state index in [1.165, 1.54) is 7.11 Å². The molecule has 22 heavy (non-hydrogen) atoms. The van der Waals surface area contributed by atoms with Gasteiger partial charge in [-0.25, -0.2) is 4.79 Å². The largest absolute Gasteiger partial charge is 0.466 e. The van der Waals surface area contributed by atoms with Crippen molar-refractivity contribution in [3.05, 3.63) is 68.2 Å². The number of hydrogen-bond donors (Lipinski definition) is 1. The fourth-order valence-electron chi connectivity index (χ4n) is 2.78. The monoisotopic (exact) mass is 302 g/mol. The summed E-state index contributed by atoms with van der Waals surface area (Å²) in [5, 5.41) is 14.4. The first-order chi connectivity index (χ1) is 10.4. The third-order valence-electron chi connectivity index (χ3n) is 3.70. The Morgan fingerprint density at radius 3 is 2.50 bits per heavy atom. The van der Waals surface area contributed by atoms with Crippen molar-refractivity contribution >= 4 is 5.97 Å². The van der Waals surface area contributed by atoms with Crippen molar-refractivity contribution < 1.29 is 14.5 Å². The summed E-state index contributed by atoms with van der Waals surface area (Å²) in [6.45, 7) is 5.26. The molecular formula is C16H18N2O4. The number of allylic oxidation sites excluding steroid dienone is 3. The lowest BCUT2D eigenvalue weighted by atomic mass is 9.83. The van der Waals surface area contributed by atoms with Crippen molar-refractivity contribution in [1.29, 1.82) is 0 Å². The molecule has 1 unspecified atom stereocenters. The molecule has 1 aromatic rings. The van der Waals surface area contributed by atoms with E-state index in [0.29, 0.717) is 17.0 Å². The van der Waals surface area contributed by atoms with Crippen LogP contribution >= 0.6 is 0 Å². The first-order valence-electron chi connectivity index (χ1n) is 6.84. The van der Waals surface area contributed by atoms with Crippen molar-refractivity contribution in [3.8, 4) is 0 Å². The van der Waals surface area contributed by atoms with E-state index in [9.17, 15) is 14.9 Å². The predicted molar refractivity (Wildman–Crippen MR) is 81.5 cm³/mol. The van der Waals surface area contributed by atoms with E-state index < -0.39 is 16.8 Å². The Hall–Kier alpha value is -2.63. The Morgan fingerprint density at radius 2 is 1.95 bits per heavy atom. The molecule has 0 saturated heterocycles. The quantitative estimate of drug-likeness (QED) is 0.527. The SMILES string of the molecule is COC(=O)C1=C(C)NC(C)=C([N+](=O)[O-])C1c1cccc(C)c1. The van der Waals surface area contributed by atoms with Gasteiger partial charge in [-0.05, 0) is 26.3 Å². The highest BCUT2D eigenvalue weighted by Crippen LogP contribution is 2.38. The molecular weight excluding hydrogens is 284 g/mol. The lowest BCUT2D eigenvalue weighted by molar-refractivity contribution is -0.431. The van der Waals surface area contributed by atoms with Gasteiger partial charge in [0.2, 0.25) is 0 Å². The van der Waals surface area contributed by atoms with Gasteiger partial charge in [-0.2, -0.15) is 0 Å². The fraction of sp³-hybridized carbons (Fsp3) is 0.312. The Balaban J connectivity index is 2.70. The number of nitrogens with one attached hydrogen (secondary N) is 1. The summed E-state index contributed by atoms with van der Waals surface area (Å²) < 4.78 is 4.82. The van der Waals surface area contributed by atoms with Gasteiger partial charge in [0.25, 0.3) is 5.70 Å². The minimum Gasteiger partial charge on any atom is -0.466 e. The van der Waals surface area contributed by atoms with Crippen LogP contribution in [-0.4, -0.2) is 18.0 Å². The normalized spacial score (nSPS) is 18.1. The molecule has 0 amide bonds. The number of rotatable bonds is 3. The van der Waals surface area contributed by atoms with E-state index >= 15 is 0 Å². The van der Waals surface area contributed by atoms with Gasteiger partial charge in [-0.3, -0.25) is 10.1 Å². The molecule has 1 aromatic carbocycles. The standard InChI is InChI=1S/C16H18N2O4/c1-9-6-5-7-12(8-9)14-13(16(19)22-4)10(2)17-11(3)15(14)18(20)21/h5-8,14,17H,1-4H3. The molecule has 0 bridgehead atoms. The van der Waals surface area contributed by atoms with Crippen molar-refractivity contribution in [2.45, 2.75) is 26.7 Å². The summed E-state index contributed by atoms with van der Waals surface area (Å²) in [7, 11) is 1.27. The third-order valence-corrected chi connectivity index (χ3v) is 3.70. The minimum absolute atomic E-state index is 0.0309. The summed E-state index contributed by atoms with van der Waals surface area (Å²) in [4.78, 5) is 23.2. The van der Waals surface area contributed by atoms with Crippen LogP contribution in [0.3, 0.4) is 0 Å². The van der Waals surface area contributed by atoms with Crippen molar-refractivity contribution in [2.75, 3.05) is 7.11 Å². The van der Waals surface area contributed by atoms with Gasteiger partial charge in [0, 0.05) is 5.70 Å². The Labute approximate surface area is 128 Å². The van der Waals surface area contributed by atoms with Crippen LogP contribution in [0.5, 0.6) is 0 Å². The van der Waals surface area contributed by atoms with Gasteiger partial charge < -0.3 is 10.1 Å². The molecule has 2 rings (SSSR count). The fourth-order valence-corrected chi connectivity index (χ4v) is 2.78. The summed E-state index contributed by atoms with van der Waals surface area (Å²) >= 11 is 0. The van der Waals surface area contributed by atoms with Crippen LogP contribution in [0.15, 0.2) is 46.9 Å². The third kappa shape index (κ3) is 2.72. The van der Waals surface area contributed by atoms with Gasteiger partial charge in [-0.1, -0.05) is 29.8 Å². The van der Waals surface area contributed by atoms with E-state index in [4.69, 9.17) is 4.74 Å². The van der Waals surface area contributed by atoms with E-state index in [-0.39, 0.29) is 11.3 Å². The number of aryl methyl sites for hydroxylation is 1. The number of ether oxygens (including phenoxy) is 1. The lowest BCUT2D eigenvalue weighted by Crippen LogP contribution is -2.31. The second kappa shape index (κ2) is 6.01. The molecule has 0 spiro atoms. The van der Waals surface area contributed by atoms with E-state index in [1.54, 1.807) is 19.9 Å². The zero-order chi connectivity index (χ0) is 16.4. The Kier molecular flexibility index (Phi) is 4.30. The van der Waals surface area contributed by atoms with Gasteiger partial charge >= 0.3 is 5.97 Å². The van der Waals surface area contributed by atoms with Crippen LogP contribution < -0.4 is 5.32 Å². The maximum Gasteiger partial charge on any atom is 0.336 e. The number of carbonyl (C=O) groups is 1. The molecule has 6 nitrogen and oxygen atoms in total. The van der Waals surface area contributed by atoms with E-state index in [1.807, 2.05) is 25.1 Å². The zero-order valence-electron chi connectivity index (χ0n) is 13.0. The molecule has 0 saturated carbocycles. The number of hydrogen-bond acceptors (Lipinski definition) is 5. The zero-order valence-corrected chi connectivity index (χ0v) is 13.0. The van der Waals surface area contributed by atoms with E-state index in [0.717, 1.165) is 5.56 Å². The summed E-state index contributed by atoms with van der Waals surface area (Å²) in [6, 6.07) is 7.37. The summed E-state index contributed by atoms with van der Waals surface area (Å²) in [5.41, 5.74) is 2.91. The number of nitro groups is 1. The molecule has 0 fully saturated rings. The Morgan fingerprint density at radius 1 is 1.27 bits per heavy atom. The second-order valence-corrected chi connectivity index (χ2v) is 5.27. The summed E-state index contributed by atoms with van der Waals surface area (Å²) in [6.07, 6.45) is 0.